The Morgan fingerprint density at radius 1 is 0.491 bits per heavy atom. The maximum Gasteiger partial charge on any atom is 0.302 e. The molecule has 0 saturated carbocycles. The number of rotatable bonds is 1. The second-order valence-corrected chi connectivity index (χ2v) is 16.0. The number of amides is 2. The first-order valence-corrected chi connectivity index (χ1v) is 22.1. The first-order chi connectivity index (χ1) is 25.4. The van der Waals surface area contributed by atoms with Gasteiger partial charge >= 0.3 is 11.9 Å². The van der Waals surface area contributed by atoms with Gasteiger partial charge in [-0.05, 0) is 61.3 Å². The molecule has 57 heavy (non-hydrogen) atoms. The maximum absolute atomic E-state index is 10.1. The Hall–Kier alpha value is -2.14. The lowest BCUT2D eigenvalue weighted by Crippen LogP contribution is -2.17. The van der Waals surface area contributed by atoms with Crippen molar-refractivity contribution in [1.29, 1.82) is 0 Å². The fourth-order valence-electron chi connectivity index (χ4n) is 0. The standard InChI is InChI=1S/2C4H9NO.2C4H9NS.C3H9N.2C3H6O2.C3H6O.C2H6O2S.C2H6OS.C2H6O.C2H6S/c4*1-4(6)5(2)3;1-4(2)3;2*1-3(4)5-2;1-3(2)4;1-4-5(2)3;1-4(2)3;2*1-3-2/h4*1-3H3;1-3H3;2*1-2H3;1-2H3;1-2H3;1-2H3;2*1-2H3. The SMILES string of the molecule is CC(=O)N(C)C.CC(=O)N(C)C.CC(=S)N(C)C.CC(=S)N(C)C.CC(C)=O.CN(C)C.COC.COC(C)=O.COC(C)=O.COS(C)=O.CS(C)=O.CSC. The van der Waals surface area contributed by atoms with Crippen molar-refractivity contribution in [2.24, 2.45) is 0 Å². The van der Waals surface area contributed by atoms with Crippen molar-refractivity contribution in [2.45, 2.75) is 55.4 Å². The zero-order valence-electron chi connectivity index (χ0n) is 41.3. The van der Waals surface area contributed by atoms with Crippen LogP contribution in [0.25, 0.3) is 0 Å². The van der Waals surface area contributed by atoms with Gasteiger partial charge in [-0.15, -0.1) is 0 Å². The maximum atomic E-state index is 10.1. The Kier molecular flexibility index (Phi) is 114. The van der Waals surface area contributed by atoms with Crippen LogP contribution in [0.5, 0.6) is 0 Å². The number of Topliss-reactive ketones (excluding diaryl/α,β-unsaturated/α-hetero) is 1. The van der Waals surface area contributed by atoms with Crippen molar-refractivity contribution in [2.75, 3.05) is 144 Å². The average molecular weight is 926 g/mol. The first-order valence-electron chi connectivity index (χ1n) is 16.2. The highest BCUT2D eigenvalue weighted by Crippen LogP contribution is 1.76. The summed E-state index contributed by atoms with van der Waals surface area (Å²) in [6, 6.07) is 0. The van der Waals surface area contributed by atoms with Crippen LogP contribution in [0, 0.1) is 0 Å². The third kappa shape index (κ3) is 367. The van der Waals surface area contributed by atoms with Gasteiger partial charge < -0.3 is 43.5 Å². The van der Waals surface area contributed by atoms with Crippen LogP contribution >= 0.6 is 36.2 Å². The topological polar surface area (TPSA) is 173 Å². The van der Waals surface area contributed by atoms with E-state index < -0.39 is 21.9 Å². The molecule has 0 N–H and O–H groups in total. The number of hydrogen-bond donors (Lipinski definition) is 0. The second-order valence-electron chi connectivity index (χ2n) is 11.4. The quantitative estimate of drug-likeness (QED) is 0.269. The van der Waals surface area contributed by atoms with E-state index in [0.29, 0.717) is 0 Å². The molecule has 0 rings (SSSR count). The molecule has 0 spiro atoms. The van der Waals surface area contributed by atoms with E-state index in [2.05, 4.69) is 18.4 Å². The minimum Gasteiger partial charge on any atom is -0.469 e. The second kappa shape index (κ2) is 74.8. The molecule has 16 nitrogen and oxygen atoms in total. The predicted octanol–water partition coefficient (Wildman–Crippen LogP) is 4.27. The minimum atomic E-state index is -1.07. The number of esters is 2. The number of carbonyl (C=O) groups is 5. The Bertz CT molecular complexity index is 828. The monoisotopic (exact) mass is 926 g/mol. The largest absolute Gasteiger partial charge is 0.469 e. The van der Waals surface area contributed by atoms with Gasteiger partial charge in [-0.3, -0.25) is 27.6 Å². The molecule has 1 atom stereocenters. The van der Waals surface area contributed by atoms with Gasteiger partial charge in [-0.1, -0.05) is 24.4 Å². The van der Waals surface area contributed by atoms with E-state index in [4.69, 9.17) is 24.4 Å². The zero-order valence-corrected chi connectivity index (χ0v) is 45.4. The first kappa shape index (κ1) is 86.6. The van der Waals surface area contributed by atoms with Gasteiger partial charge in [0.25, 0.3) is 0 Å². The molecule has 0 heterocycles. The summed E-state index contributed by atoms with van der Waals surface area (Å²) in [6.45, 7) is 12.6. The molecule has 0 saturated heterocycles. The minimum absolute atomic E-state index is 0.0926. The van der Waals surface area contributed by atoms with Crippen molar-refractivity contribution < 1.29 is 50.8 Å². The molecule has 21 heteroatoms. The number of carbonyl (C=O) groups excluding carboxylic acids is 5. The molecule has 0 aliphatic carbocycles. The van der Waals surface area contributed by atoms with Gasteiger partial charge in [-0.2, -0.15) is 11.8 Å². The van der Waals surface area contributed by atoms with Crippen molar-refractivity contribution in [3.05, 3.63) is 0 Å². The van der Waals surface area contributed by atoms with E-state index in [-0.39, 0.29) is 29.5 Å². The normalized spacial score (nSPS) is 8.12. The molecule has 0 bridgehead atoms. The van der Waals surface area contributed by atoms with Crippen molar-refractivity contribution in [3.63, 3.8) is 0 Å². The Morgan fingerprint density at radius 2 is 0.561 bits per heavy atom. The van der Waals surface area contributed by atoms with Crippen LogP contribution in [-0.2, 0) is 64.2 Å². The van der Waals surface area contributed by atoms with Crippen LogP contribution in [0.4, 0.5) is 0 Å². The molecule has 352 valence electrons. The number of ether oxygens (including phenoxy) is 3. The van der Waals surface area contributed by atoms with E-state index >= 15 is 0 Å². The summed E-state index contributed by atoms with van der Waals surface area (Å²) in [4.78, 5) is 59.5. The Labute approximate surface area is 370 Å². The molecule has 0 aliphatic rings. The third-order valence-electron chi connectivity index (χ3n) is 3.33. The fourth-order valence-corrected chi connectivity index (χ4v) is 0. The molecule has 0 aromatic heterocycles. The fraction of sp³-hybridized carbons (Fsp3) is 0.806. The molecule has 2 amide bonds. The highest BCUT2D eigenvalue weighted by atomic mass is 32.2. The predicted molar refractivity (Wildman–Crippen MR) is 257 cm³/mol. The summed E-state index contributed by atoms with van der Waals surface area (Å²) < 4.78 is 36.0. The van der Waals surface area contributed by atoms with Gasteiger partial charge in [0.15, 0.2) is 11.1 Å². The third-order valence-corrected chi connectivity index (χ3v) is 4.53. The van der Waals surface area contributed by atoms with Gasteiger partial charge in [0.05, 0.1) is 31.3 Å². The smallest absolute Gasteiger partial charge is 0.302 e. The van der Waals surface area contributed by atoms with E-state index in [0.717, 1.165) is 9.98 Å². The van der Waals surface area contributed by atoms with Gasteiger partial charge in [0, 0.05) is 128 Å². The number of ketones is 1. The van der Waals surface area contributed by atoms with Crippen molar-refractivity contribution in [3.8, 4) is 0 Å². The summed E-state index contributed by atoms with van der Waals surface area (Å²) in [7, 11) is 27.4. The van der Waals surface area contributed by atoms with E-state index in [9.17, 15) is 32.4 Å². The molecular formula is C36H87N5O11S5. The van der Waals surface area contributed by atoms with Crippen LogP contribution in [0.15, 0.2) is 0 Å². The number of hydrogen-bond acceptors (Lipinski definition) is 15. The summed E-state index contributed by atoms with van der Waals surface area (Å²) in [6.07, 6.45) is 8.83. The van der Waals surface area contributed by atoms with Crippen LogP contribution in [0.2, 0.25) is 0 Å². The van der Waals surface area contributed by atoms with Crippen LogP contribution in [0.3, 0.4) is 0 Å². The van der Waals surface area contributed by atoms with E-state index in [1.165, 1.54) is 78.9 Å². The number of thioether (sulfide) groups is 1. The molecule has 0 aromatic carbocycles. The lowest BCUT2D eigenvalue weighted by atomic mass is 10.6. The Morgan fingerprint density at radius 3 is 0.561 bits per heavy atom. The summed E-state index contributed by atoms with van der Waals surface area (Å²) >= 11 is 10.2. The van der Waals surface area contributed by atoms with Gasteiger partial charge in [-0.25, -0.2) is 4.21 Å². The van der Waals surface area contributed by atoms with E-state index in [1.807, 2.05) is 90.4 Å². The number of thiocarbonyl (C=S) groups is 2. The van der Waals surface area contributed by atoms with Crippen molar-refractivity contribution in [1.82, 2.24) is 24.5 Å². The van der Waals surface area contributed by atoms with Crippen LogP contribution < -0.4 is 0 Å². The molecule has 0 fully saturated rings. The molecular weight excluding hydrogens is 839 g/mol. The lowest BCUT2D eigenvalue weighted by molar-refractivity contribution is -0.138. The Balaban J connectivity index is -0.0000000390. The summed E-state index contributed by atoms with van der Waals surface area (Å²) in [5, 5.41) is 0. The highest BCUT2D eigenvalue weighted by molar-refractivity contribution is 7.97. The lowest BCUT2D eigenvalue weighted by Gasteiger charge is -2.06. The number of nitrogens with zero attached hydrogens (tertiary/aromatic N) is 5. The molecule has 0 aliphatic heterocycles. The zero-order chi connectivity index (χ0) is 49.6. The van der Waals surface area contributed by atoms with Crippen LogP contribution in [0.1, 0.15) is 55.4 Å². The average Bonchev–Trinajstić information content (AvgIpc) is 3.02. The summed E-state index contributed by atoms with van der Waals surface area (Å²) in [5.74, 6) is -0.139. The van der Waals surface area contributed by atoms with E-state index in [1.54, 1.807) is 66.7 Å². The molecule has 0 aromatic rings. The number of methoxy groups -OCH3 is 3. The highest BCUT2D eigenvalue weighted by Gasteiger charge is 1.88. The van der Waals surface area contributed by atoms with Crippen molar-refractivity contribution >= 4 is 97.6 Å². The van der Waals surface area contributed by atoms with Gasteiger partial charge in [0.2, 0.25) is 11.8 Å². The molecule has 0 radical (unpaired) electrons. The van der Waals surface area contributed by atoms with Crippen LogP contribution in [-0.4, -0.2) is 217 Å². The molecule has 1 unspecified atom stereocenters. The van der Waals surface area contributed by atoms with Gasteiger partial charge in [0.1, 0.15) is 5.78 Å². The summed E-state index contributed by atoms with van der Waals surface area (Å²) in [5.41, 5.74) is 0.